The van der Waals surface area contributed by atoms with Crippen molar-refractivity contribution in [3.05, 3.63) is 65.7 Å². The van der Waals surface area contributed by atoms with E-state index in [9.17, 15) is 4.79 Å². The van der Waals surface area contributed by atoms with Gasteiger partial charge in [-0.1, -0.05) is 42.5 Å². The number of rotatable bonds is 2. The van der Waals surface area contributed by atoms with Gasteiger partial charge in [-0.05, 0) is 48.9 Å². The van der Waals surface area contributed by atoms with Crippen molar-refractivity contribution in [3.8, 4) is 0 Å². The van der Waals surface area contributed by atoms with Gasteiger partial charge in [-0.25, -0.2) is 0 Å². The highest BCUT2D eigenvalue weighted by Gasteiger charge is 2.51. The maximum Gasteiger partial charge on any atom is 0.247 e. The summed E-state index contributed by atoms with van der Waals surface area (Å²) in [7, 11) is 0. The highest BCUT2D eigenvalue weighted by Crippen LogP contribution is 2.41. The number of para-hydroxylation sites is 1. The average Bonchev–Trinajstić information content (AvgIpc) is 3.26. The molecule has 2 heterocycles. The van der Waals surface area contributed by atoms with Crippen molar-refractivity contribution in [3.63, 3.8) is 0 Å². The number of carbonyl (C=O) groups is 1. The van der Waals surface area contributed by atoms with Crippen molar-refractivity contribution in [2.45, 2.75) is 37.3 Å². The zero-order chi connectivity index (χ0) is 17.6. The number of aryl methyl sites for hydroxylation is 1. The Bertz CT molecular complexity index is 817. The largest absolute Gasteiger partial charge is 0.339 e. The van der Waals surface area contributed by atoms with Crippen LogP contribution in [0.5, 0.6) is 0 Å². The lowest BCUT2D eigenvalue weighted by Crippen LogP contribution is -2.56. The van der Waals surface area contributed by atoms with E-state index in [0.717, 1.165) is 31.6 Å². The van der Waals surface area contributed by atoms with Crippen LogP contribution >= 0.6 is 12.4 Å². The van der Waals surface area contributed by atoms with Crippen LogP contribution in [0.25, 0.3) is 0 Å². The smallest absolute Gasteiger partial charge is 0.247 e. The van der Waals surface area contributed by atoms with Crippen LogP contribution < -0.4 is 10.2 Å². The van der Waals surface area contributed by atoms with E-state index < -0.39 is 0 Å². The van der Waals surface area contributed by atoms with Crippen molar-refractivity contribution in [2.75, 3.05) is 24.7 Å². The number of piperidine rings is 1. The molecule has 3 aliphatic rings. The van der Waals surface area contributed by atoms with Gasteiger partial charge in [-0.2, -0.15) is 0 Å². The quantitative estimate of drug-likeness (QED) is 0.861. The van der Waals surface area contributed by atoms with Gasteiger partial charge < -0.3 is 10.2 Å². The molecule has 2 aliphatic heterocycles. The molecule has 4 nitrogen and oxygen atoms in total. The zero-order valence-electron chi connectivity index (χ0n) is 15.4. The van der Waals surface area contributed by atoms with Crippen LogP contribution in [0, 0.1) is 0 Å². The second-order valence-corrected chi connectivity index (χ2v) is 7.75. The predicted molar refractivity (Wildman–Crippen MR) is 110 cm³/mol. The number of halogens is 1. The number of nitrogens with one attached hydrogen (secondary N) is 1. The van der Waals surface area contributed by atoms with Gasteiger partial charge in [0.25, 0.3) is 0 Å². The number of fused-ring (bicyclic) bond motifs is 1. The molecule has 1 atom stereocenters. The summed E-state index contributed by atoms with van der Waals surface area (Å²) in [5.41, 5.74) is 3.77. The molecule has 2 saturated heterocycles. The lowest BCUT2D eigenvalue weighted by molar-refractivity contribution is -0.125. The average molecular weight is 384 g/mol. The van der Waals surface area contributed by atoms with Gasteiger partial charge in [-0.15, -0.1) is 12.4 Å². The number of hydrogen-bond acceptors (Lipinski definition) is 3. The van der Waals surface area contributed by atoms with E-state index in [2.05, 4.69) is 63.6 Å². The van der Waals surface area contributed by atoms with Crippen molar-refractivity contribution in [1.29, 1.82) is 0 Å². The Morgan fingerprint density at radius 1 is 0.963 bits per heavy atom. The number of nitrogens with zero attached hydrogens (tertiary/aromatic N) is 2. The zero-order valence-corrected chi connectivity index (χ0v) is 16.3. The Kier molecular flexibility index (Phi) is 4.87. The summed E-state index contributed by atoms with van der Waals surface area (Å²) in [4.78, 5) is 17.7. The summed E-state index contributed by atoms with van der Waals surface area (Å²) in [5.74, 6) is 0.202. The molecule has 5 rings (SSSR count). The first-order chi connectivity index (χ1) is 12.8. The number of amides is 1. The molecular formula is C22H26ClN3O. The topological polar surface area (TPSA) is 35.6 Å². The maximum absolute atomic E-state index is 12.8. The summed E-state index contributed by atoms with van der Waals surface area (Å²) in [6, 6.07) is 19.7. The van der Waals surface area contributed by atoms with Gasteiger partial charge >= 0.3 is 0 Å². The van der Waals surface area contributed by atoms with E-state index in [1.807, 2.05) is 6.07 Å². The van der Waals surface area contributed by atoms with E-state index in [-0.39, 0.29) is 23.9 Å². The van der Waals surface area contributed by atoms with E-state index in [0.29, 0.717) is 12.7 Å². The molecule has 5 heteroatoms. The molecule has 0 aromatic heterocycles. The van der Waals surface area contributed by atoms with Crippen molar-refractivity contribution in [2.24, 2.45) is 0 Å². The normalized spacial score (nSPS) is 23.8. The molecule has 2 aromatic rings. The number of likely N-dealkylation sites (tertiary alicyclic amines) is 1. The summed E-state index contributed by atoms with van der Waals surface area (Å²) in [6.07, 6.45) is 4.18. The molecule has 1 spiro atoms. The van der Waals surface area contributed by atoms with Gasteiger partial charge in [0.05, 0.1) is 6.67 Å². The molecule has 27 heavy (non-hydrogen) atoms. The fourth-order valence-corrected chi connectivity index (χ4v) is 5.15. The first-order valence-corrected chi connectivity index (χ1v) is 9.71. The molecule has 1 aliphatic carbocycles. The summed E-state index contributed by atoms with van der Waals surface area (Å²) in [5, 5.41) is 3.10. The Morgan fingerprint density at radius 2 is 1.67 bits per heavy atom. The van der Waals surface area contributed by atoms with Gasteiger partial charge in [0, 0.05) is 24.8 Å². The molecule has 2 aromatic carbocycles. The second-order valence-electron chi connectivity index (χ2n) is 7.75. The van der Waals surface area contributed by atoms with Crippen LogP contribution in [-0.2, 0) is 11.2 Å². The van der Waals surface area contributed by atoms with E-state index in [1.54, 1.807) is 0 Å². The molecule has 1 unspecified atom stereocenters. The summed E-state index contributed by atoms with van der Waals surface area (Å²) >= 11 is 0. The van der Waals surface area contributed by atoms with Gasteiger partial charge in [-0.3, -0.25) is 9.69 Å². The van der Waals surface area contributed by atoms with Crippen molar-refractivity contribution >= 4 is 24.0 Å². The van der Waals surface area contributed by atoms with Crippen molar-refractivity contribution < 1.29 is 4.79 Å². The number of anilines is 1. The van der Waals surface area contributed by atoms with Crippen LogP contribution in [0.15, 0.2) is 54.6 Å². The van der Waals surface area contributed by atoms with Crippen LogP contribution in [0.1, 0.15) is 36.4 Å². The molecule has 0 saturated carbocycles. The highest BCUT2D eigenvalue weighted by atomic mass is 35.5. The van der Waals surface area contributed by atoms with Gasteiger partial charge in [0.2, 0.25) is 5.91 Å². The Hall–Kier alpha value is -2.04. The fourth-order valence-electron chi connectivity index (χ4n) is 5.15. The van der Waals surface area contributed by atoms with E-state index in [4.69, 9.17) is 0 Å². The van der Waals surface area contributed by atoms with Gasteiger partial charge in [0.1, 0.15) is 5.54 Å². The fraction of sp³-hybridized carbons (Fsp3) is 0.409. The lowest BCUT2D eigenvalue weighted by Gasteiger charge is -2.45. The predicted octanol–water partition coefficient (Wildman–Crippen LogP) is 3.52. The minimum Gasteiger partial charge on any atom is -0.339 e. The Balaban J connectivity index is 0.00000180. The molecule has 1 amide bonds. The van der Waals surface area contributed by atoms with Crippen LogP contribution in [0.3, 0.4) is 0 Å². The van der Waals surface area contributed by atoms with Crippen LogP contribution in [-0.4, -0.2) is 36.1 Å². The van der Waals surface area contributed by atoms with E-state index in [1.165, 1.54) is 24.0 Å². The minimum absolute atomic E-state index is 0. The summed E-state index contributed by atoms with van der Waals surface area (Å²) in [6.45, 7) is 2.58. The van der Waals surface area contributed by atoms with Crippen LogP contribution in [0.2, 0.25) is 0 Å². The van der Waals surface area contributed by atoms with Crippen molar-refractivity contribution in [1.82, 2.24) is 10.2 Å². The molecule has 1 N–H and O–H groups in total. The monoisotopic (exact) mass is 383 g/mol. The lowest BCUT2D eigenvalue weighted by atomic mass is 9.84. The SMILES string of the molecule is Cl.O=C1NCN(c2ccccc2)C12CCN(C1CCc3ccccc31)CC2. The first-order valence-electron chi connectivity index (χ1n) is 9.71. The molecule has 0 bridgehead atoms. The van der Waals surface area contributed by atoms with Gasteiger partial charge in [0.15, 0.2) is 0 Å². The molecular weight excluding hydrogens is 358 g/mol. The van der Waals surface area contributed by atoms with Crippen LogP contribution in [0.4, 0.5) is 5.69 Å². The van der Waals surface area contributed by atoms with E-state index >= 15 is 0 Å². The maximum atomic E-state index is 12.8. The standard InChI is InChI=1S/C22H25N3O.ClH/c26-21-22(25(16-23-21)18-7-2-1-3-8-18)12-14-24(15-13-22)20-11-10-17-6-4-5-9-19(17)20;/h1-9,20H,10-16H2,(H,23,26);1H. The number of hydrogen-bond donors (Lipinski definition) is 1. The second kappa shape index (κ2) is 7.17. The molecule has 2 fully saturated rings. The Labute approximate surface area is 167 Å². The third kappa shape index (κ3) is 2.91. The molecule has 0 radical (unpaired) electrons. The highest BCUT2D eigenvalue weighted by molar-refractivity contribution is 5.93. The first kappa shape index (κ1) is 18.3. The minimum atomic E-state index is -0.379. The summed E-state index contributed by atoms with van der Waals surface area (Å²) < 4.78 is 0. The Morgan fingerprint density at radius 3 is 2.44 bits per heavy atom. The molecule has 142 valence electrons. The third-order valence-electron chi connectivity index (χ3n) is 6.57. The number of benzene rings is 2. The third-order valence-corrected chi connectivity index (χ3v) is 6.57. The number of carbonyl (C=O) groups excluding carboxylic acids is 1.